The maximum Gasteiger partial charge on any atom is 0.249 e. The highest BCUT2D eigenvalue weighted by Crippen LogP contribution is 2.51. The average Bonchev–Trinajstić information content (AvgIpc) is 2.96. The smallest absolute Gasteiger partial charge is 0.249 e. The minimum atomic E-state index is -0.251. The Morgan fingerprint density at radius 2 is 1.93 bits per heavy atom. The van der Waals surface area contributed by atoms with Gasteiger partial charge in [-0.1, -0.05) is 30.3 Å². The van der Waals surface area contributed by atoms with Gasteiger partial charge in [0.05, 0.1) is 6.04 Å². The van der Waals surface area contributed by atoms with Crippen molar-refractivity contribution in [2.75, 3.05) is 34.4 Å². The zero-order chi connectivity index (χ0) is 19.8. The summed E-state index contributed by atoms with van der Waals surface area (Å²) in [7, 11) is 5.59. The molecule has 3 atom stereocenters. The average molecular weight is 382 g/mol. The number of carbonyl (C=O) groups excluding carboxylic acids is 1. The summed E-state index contributed by atoms with van der Waals surface area (Å²) in [4.78, 5) is 17.2. The summed E-state index contributed by atoms with van der Waals surface area (Å²) in [6.07, 6.45) is 1.63. The third-order valence-corrected chi connectivity index (χ3v) is 5.99. The molecule has 0 N–H and O–H groups in total. The van der Waals surface area contributed by atoms with Gasteiger partial charge in [0.25, 0.3) is 0 Å². The second-order valence-electron chi connectivity index (χ2n) is 8.16. The summed E-state index contributed by atoms with van der Waals surface area (Å²) in [6, 6.07) is 13.4. The number of rotatable bonds is 4. The quantitative estimate of drug-likeness (QED) is 0.813. The van der Waals surface area contributed by atoms with Crippen LogP contribution in [0.4, 0.5) is 4.39 Å². The summed E-state index contributed by atoms with van der Waals surface area (Å²) in [5.74, 6) is -0.125. The van der Waals surface area contributed by atoms with Gasteiger partial charge < -0.3 is 14.5 Å². The number of halogens is 1. The molecule has 5 heteroatoms. The second-order valence-corrected chi connectivity index (χ2v) is 8.16. The molecular formula is C23H27FN2O2. The van der Waals surface area contributed by atoms with Crippen LogP contribution in [0, 0.1) is 5.82 Å². The van der Waals surface area contributed by atoms with Crippen LogP contribution in [-0.4, -0.2) is 56.1 Å². The van der Waals surface area contributed by atoms with Crippen LogP contribution in [0.2, 0.25) is 0 Å². The summed E-state index contributed by atoms with van der Waals surface area (Å²) >= 11 is 0. The van der Waals surface area contributed by atoms with Crippen molar-refractivity contribution in [1.29, 1.82) is 0 Å². The number of nitrogens with zero attached hydrogens (tertiary/aromatic N) is 2. The van der Waals surface area contributed by atoms with Crippen LogP contribution in [0.25, 0.3) is 0 Å². The van der Waals surface area contributed by atoms with E-state index in [1.165, 1.54) is 17.2 Å². The van der Waals surface area contributed by atoms with Gasteiger partial charge in [-0.25, -0.2) is 4.39 Å². The molecule has 1 heterocycles. The summed E-state index contributed by atoms with van der Waals surface area (Å²) in [5.41, 5.74) is 4.59. The molecule has 28 heavy (non-hydrogen) atoms. The van der Waals surface area contributed by atoms with E-state index in [4.69, 9.17) is 4.74 Å². The zero-order valence-corrected chi connectivity index (χ0v) is 16.7. The van der Waals surface area contributed by atoms with Crippen LogP contribution in [0.15, 0.2) is 42.5 Å². The lowest BCUT2D eigenvalue weighted by molar-refractivity contribution is -0.138. The van der Waals surface area contributed by atoms with E-state index in [1.54, 1.807) is 13.2 Å². The van der Waals surface area contributed by atoms with Crippen molar-refractivity contribution in [3.63, 3.8) is 0 Å². The molecule has 1 aliphatic heterocycles. The predicted octanol–water partition coefficient (Wildman–Crippen LogP) is 3.36. The van der Waals surface area contributed by atoms with Crippen molar-refractivity contribution >= 4 is 5.91 Å². The van der Waals surface area contributed by atoms with Gasteiger partial charge in [-0.15, -0.1) is 0 Å². The standard InChI is InChI=1S/C23H27FN2O2/c1-25(2)13-18-12-21-19-7-5-4-6-15(19)10-16-8-9-17(24)11-20(16)23(21)26(18)22(27)14-28-3/h4-9,11,18,21,23H,10,12-14H2,1-3H3/t18-,21-,23+/m1/s1. The molecule has 0 saturated carbocycles. The SMILES string of the molecule is COCC(=O)N1[C@@H](CN(C)C)C[C@@H]2c3ccccc3Cc3ccc(F)cc3[C@@H]21. The predicted molar refractivity (Wildman–Crippen MR) is 107 cm³/mol. The first-order valence-electron chi connectivity index (χ1n) is 9.80. The van der Waals surface area contributed by atoms with Crippen molar-refractivity contribution in [1.82, 2.24) is 9.80 Å². The molecule has 0 unspecified atom stereocenters. The molecule has 2 aromatic carbocycles. The van der Waals surface area contributed by atoms with E-state index in [2.05, 4.69) is 29.2 Å². The summed E-state index contributed by atoms with van der Waals surface area (Å²) < 4.78 is 19.4. The number of methoxy groups -OCH3 is 1. The van der Waals surface area contributed by atoms with Crippen LogP contribution in [-0.2, 0) is 16.0 Å². The Balaban J connectivity index is 1.88. The molecule has 1 amide bonds. The van der Waals surface area contributed by atoms with Crippen LogP contribution in [0.5, 0.6) is 0 Å². The fraction of sp³-hybridized carbons (Fsp3) is 0.435. The van der Waals surface area contributed by atoms with E-state index >= 15 is 0 Å². The number of likely N-dealkylation sites (N-methyl/N-ethyl adjacent to an activating group) is 1. The van der Waals surface area contributed by atoms with E-state index in [0.29, 0.717) is 0 Å². The van der Waals surface area contributed by atoms with Crippen molar-refractivity contribution in [3.8, 4) is 0 Å². The highest BCUT2D eigenvalue weighted by Gasteiger charge is 2.47. The zero-order valence-electron chi connectivity index (χ0n) is 16.7. The maximum atomic E-state index is 14.3. The van der Waals surface area contributed by atoms with E-state index < -0.39 is 0 Å². The molecular weight excluding hydrogens is 355 g/mol. The topological polar surface area (TPSA) is 32.8 Å². The Labute approximate surface area is 165 Å². The van der Waals surface area contributed by atoms with E-state index in [1.807, 2.05) is 25.1 Å². The Bertz CT molecular complexity index is 883. The fourth-order valence-corrected chi connectivity index (χ4v) is 5.03. The Hall–Kier alpha value is -2.24. The van der Waals surface area contributed by atoms with E-state index in [-0.39, 0.29) is 36.3 Å². The summed E-state index contributed by atoms with van der Waals surface area (Å²) in [6.45, 7) is 0.814. The molecule has 0 radical (unpaired) electrons. The second kappa shape index (κ2) is 7.64. The highest BCUT2D eigenvalue weighted by molar-refractivity contribution is 5.79. The number of fused-ring (bicyclic) bond motifs is 5. The number of likely N-dealkylation sites (tertiary alicyclic amines) is 1. The monoisotopic (exact) mass is 382 g/mol. The highest BCUT2D eigenvalue weighted by atomic mass is 19.1. The fourth-order valence-electron chi connectivity index (χ4n) is 5.03. The minimum Gasteiger partial charge on any atom is -0.375 e. The molecule has 148 valence electrons. The molecule has 1 aliphatic carbocycles. The Kier molecular flexibility index (Phi) is 5.21. The first-order valence-corrected chi connectivity index (χ1v) is 9.80. The molecule has 0 aromatic heterocycles. The number of amides is 1. The van der Waals surface area contributed by atoms with Crippen LogP contribution < -0.4 is 0 Å². The van der Waals surface area contributed by atoms with Gasteiger partial charge in [-0.05, 0) is 61.3 Å². The third-order valence-electron chi connectivity index (χ3n) is 5.99. The van der Waals surface area contributed by atoms with Crippen molar-refractivity contribution in [2.45, 2.75) is 30.8 Å². The lowest BCUT2D eigenvalue weighted by Gasteiger charge is -2.33. The first-order chi connectivity index (χ1) is 13.5. The molecule has 4 nitrogen and oxygen atoms in total. The minimum absolute atomic E-state index is 0.0311. The van der Waals surface area contributed by atoms with Crippen molar-refractivity contribution < 1.29 is 13.9 Å². The number of hydrogen-bond acceptors (Lipinski definition) is 3. The molecule has 1 saturated heterocycles. The normalized spacial score (nSPS) is 23.2. The first kappa shape index (κ1) is 19.1. The molecule has 1 fully saturated rings. The largest absolute Gasteiger partial charge is 0.375 e. The third kappa shape index (κ3) is 3.33. The Morgan fingerprint density at radius 3 is 2.68 bits per heavy atom. The van der Waals surface area contributed by atoms with Gasteiger partial charge >= 0.3 is 0 Å². The van der Waals surface area contributed by atoms with Crippen LogP contribution in [0.3, 0.4) is 0 Å². The van der Waals surface area contributed by atoms with E-state index in [0.717, 1.165) is 30.5 Å². The van der Waals surface area contributed by atoms with Gasteiger partial charge in [-0.2, -0.15) is 0 Å². The van der Waals surface area contributed by atoms with Crippen molar-refractivity contribution in [2.24, 2.45) is 0 Å². The van der Waals surface area contributed by atoms with Crippen molar-refractivity contribution in [3.05, 3.63) is 70.5 Å². The van der Waals surface area contributed by atoms with Crippen LogP contribution in [0.1, 0.15) is 40.6 Å². The van der Waals surface area contributed by atoms with Crippen LogP contribution >= 0.6 is 0 Å². The number of ether oxygens (including phenoxy) is 1. The lowest BCUT2D eigenvalue weighted by atomic mass is 9.86. The Morgan fingerprint density at radius 1 is 1.18 bits per heavy atom. The van der Waals surface area contributed by atoms with Gasteiger partial charge in [0, 0.05) is 25.6 Å². The van der Waals surface area contributed by atoms with E-state index in [9.17, 15) is 9.18 Å². The molecule has 2 aliphatic rings. The van der Waals surface area contributed by atoms with Gasteiger partial charge in [0.2, 0.25) is 5.91 Å². The molecule has 0 bridgehead atoms. The number of benzene rings is 2. The molecule has 0 spiro atoms. The summed E-state index contributed by atoms with van der Waals surface area (Å²) in [5, 5.41) is 0. The maximum absolute atomic E-state index is 14.3. The van der Waals surface area contributed by atoms with Gasteiger partial charge in [0.15, 0.2) is 0 Å². The number of carbonyl (C=O) groups is 1. The number of hydrogen-bond donors (Lipinski definition) is 0. The molecule has 2 aromatic rings. The van der Waals surface area contributed by atoms with Gasteiger partial charge in [0.1, 0.15) is 12.4 Å². The molecule has 4 rings (SSSR count). The lowest BCUT2D eigenvalue weighted by Crippen LogP contribution is -2.44. The van der Waals surface area contributed by atoms with Gasteiger partial charge in [-0.3, -0.25) is 4.79 Å².